The van der Waals surface area contributed by atoms with E-state index in [1.54, 1.807) is 19.1 Å². The second kappa shape index (κ2) is 11.0. The normalized spacial score (nSPS) is 17.4. The predicted octanol–water partition coefficient (Wildman–Crippen LogP) is 3.54. The van der Waals surface area contributed by atoms with Crippen LogP contribution in [0.1, 0.15) is 18.9 Å². The van der Waals surface area contributed by atoms with Crippen LogP contribution in [0.4, 0.5) is 10.1 Å². The summed E-state index contributed by atoms with van der Waals surface area (Å²) < 4.78 is 23.9. The Morgan fingerprint density at radius 1 is 1.19 bits per heavy atom. The van der Waals surface area contributed by atoms with Crippen LogP contribution >= 0.6 is 11.8 Å². The van der Waals surface area contributed by atoms with Gasteiger partial charge in [0.2, 0.25) is 11.8 Å². The first-order valence-electron chi connectivity index (χ1n) is 10.2. The molecule has 32 heavy (non-hydrogen) atoms. The SMILES string of the molecule is CCNC(=O)[C@@H]1CC(=O)N(CCc2ccc(OC)c(OC)c2)C(=Nc2ccc(F)cc2)S1. The maximum Gasteiger partial charge on any atom is 0.234 e. The zero-order valence-electron chi connectivity index (χ0n) is 18.3. The van der Waals surface area contributed by atoms with Crippen LogP contribution in [0.3, 0.4) is 0 Å². The van der Waals surface area contributed by atoms with Crippen molar-refractivity contribution >= 4 is 34.4 Å². The van der Waals surface area contributed by atoms with E-state index in [2.05, 4.69) is 10.3 Å². The minimum Gasteiger partial charge on any atom is -0.493 e. The molecule has 0 bridgehead atoms. The lowest BCUT2D eigenvalue weighted by Gasteiger charge is -2.31. The van der Waals surface area contributed by atoms with Gasteiger partial charge in [0.05, 0.1) is 25.2 Å². The monoisotopic (exact) mass is 459 g/mol. The molecule has 0 aliphatic carbocycles. The van der Waals surface area contributed by atoms with Gasteiger partial charge in [-0.25, -0.2) is 9.38 Å². The Bertz CT molecular complexity index is 997. The van der Waals surface area contributed by atoms with Crippen molar-refractivity contribution in [2.75, 3.05) is 27.3 Å². The Labute approximate surface area is 191 Å². The van der Waals surface area contributed by atoms with Gasteiger partial charge >= 0.3 is 0 Å². The average molecular weight is 460 g/mol. The zero-order chi connectivity index (χ0) is 23.1. The first-order valence-corrected chi connectivity index (χ1v) is 11.1. The van der Waals surface area contributed by atoms with E-state index in [4.69, 9.17) is 9.47 Å². The minimum atomic E-state index is -0.557. The van der Waals surface area contributed by atoms with Crippen molar-refractivity contribution < 1.29 is 23.5 Å². The molecule has 1 saturated heterocycles. The van der Waals surface area contributed by atoms with Gasteiger partial charge < -0.3 is 14.8 Å². The molecule has 0 saturated carbocycles. The van der Waals surface area contributed by atoms with Gasteiger partial charge in [0.15, 0.2) is 16.7 Å². The molecule has 1 fully saturated rings. The highest BCUT2D eigenvalue weighted by Crippen LogP contribution is 2.31. The maximum absolute atomic E-state index is 13.3. The first-order chi connectivity index (χ1) is 15.4. The molecule has 2 amide bonds. The lowest BCUT2D eigenvalue weighted by Crippen LogP contribution is -2.47. The molecule has 2 aromatic rings. The third-order valence-corrected chi connectivity index (χ3v) is 6.09. The highest BCUT2D eigenvalue weighted by Gasteiger charge is 2.35. The second-order valence-electron chi connectivity index (χ2n) is 7.06. The number of aliphatic imine (C=N–C) groups is 1. The van der Waals surface area contributed by atoms with Crippen molar-refractivity contribution in [1.82, 2.24) is 10.2 Å². The van der Waals surface area contributed by atoms with Crippen LogP contribution in [0.25, 0.3) is 0 Å². The summed E-state index contributed by atoms with van der Waals surface area (Å²) in [5, 5.41) is 2.63. The van der Waals surface area contributed by atoms with Gasteiger partial charge in [0.25, 0.3) is 0 Å². The molecule has 1 atom stereocenters. The number of carbonyl (C=O) groups excluding carboxylic acids is 2. The Balaban J connectivity index is 1.83. The standard InChI is InChI=1S/C23H26FN3O4S/c1-4-25-22(29)20-14-21(28)27(23(32-20)26-17-8-6-16(24)7-9-17)12-11-15-5-10-18(30-2)19(13-15)31-3/h5-10,13,20H,4,11-12,14H2,1-3H3,(H,25,29)/t20-/m0/s1. The molecule has 170 valence electrons. The Morgan fingerprint density at radius 2 is 1.91 bits per heavy atom. The van der Waals surface area contributed by atoms with Gasteiger partial charge in [-0.3, -0.25) is 14.5 Å². The molecule has 7 nitrogen and oxygen atoms in total. The van der Waals surface area contributed by atoms with Crippen LogP contribution in [-0.2, 0) is 16.0 Å². The number of amides is 2. The smallest absolute Gasteiger partial charge is 0.234 e. The number of halogens is 1. The quantitative estimate of drug-likeness (QED) is 0.653. The van der Waals surface area contributed by atoms with E-state index in [1.807, 2.05) is 25.1 Å². The second-order valence-corrected chi connectivity index (χ2v) is 8.23. The predicted molar refractivity (Wildman–Crippen MR) is 123 cm³/mol. The third kappa shape index (κ3) is 5.79. The van der Waals surface area contributed by atoms with Crippen molar-refractivity contribution in [2.45, 2.75) is 25.0 Å². The molecular formula is C23H26FN3O4S. The first kappa shape index (κ1) is 23.6. The Hall–Kier alpha value is -3.07. The van der Waals surface area contributed by atoms with Crippen LogP contribution < -0.4 is 14.8 Å². The number of hydrogen-bond acceptors (Lipinski definition) is 6. The van der Waals surface area contributed by atoms with E-state index in [0.717, 1.165) is 5.56 Å². The van der Waals surface area contributed by atoms with E-state index in [-0.39, 0.29) is 24.1 Å². The summed E-state index contributed by atoms with van der Waals surface area (Å²) in [5.74, 6) is 0.496. The van der Waals surface area contributed by atoms with Gasteiger partial charge in [-0.1, -0.05) is 17.8 Å². The Morgan fingerprint density at radius 3 is 2.56 bits per heavy atom. The van der Waals surface area contributed by atoms with Crippen LogP contribution in [0.5, 0.6) is 11.5 Å². The van der Waals surface area contributed by atoms with Crippen molar-refractivity contribution in [1.29, 1.82) is 0 Å². The molecular weight excluding hydrogens is 433 g/mol. The number of methoxy groups -OCH3 is 2. The number of ether oxygens (including phenoxy) is 2. The lowest BCUT2D eigenvalue weighted by molar-refractivity contribution is -0.130. The zero-order valence-corrected chi connectivity index (χ0v) is 19.1. The number of carbonyl (C=O) groups is 2. The molecule has 1 N–H and O–H groups in total. The van der Waals surface area contributed by atoms with E-state index in [9.17, 15) is 14.0 Å². The number of nitrogens with one attached hydrogen (secondary N) is 1. The highest BCUT2D eigenvalue weighted by atomic mass is 32.2. The summed E-state index contributed by atoms with van der Waals surface area (Å²) >= 11 is 1.24. The molecule has 9 heteroatoms. The molecule has 0 radical (unpaired) electrons. The fourth-order valence-electron chi connectivity index (χ4n) is 3.25. The molecule has 0 unspecified atom stereocenters. The van der Waals surface area contributed by atoms with Crippen LogP contribution in [0.15, 0.2) is 47.5 Å². The highest BCUT2D eigenvalue weighted by molar-refractivity contribution is 8.15. The number of thioether (sulfide) groups is 1. The average Bonchev–Trinajstić information content (AvgIpc) is 2.79. The Kier molecular flexibility index (Phi) is 8.10. The summed E-state index contributed by atoms with van der Waals surface area (Å²) in [6.07, 6.45) is 0.645. The maximum atomic E-state index is 13.3. The number of hydrogen-bond donors (Lipinski definition) is 1. The van der Waals surface area contributed by atoms with Gasteiger partial charge in [0.1, 0.15) is 5.82 Å². The fraction of sp³-hybridized carbons (Fsp3) is 0.348. The molecule has 1 aliphatic heterocycles. The van der Waals surface area contributed by atoms with E-state index in [1.165, 1.54) is 36.0 Å². The topological polar surface area (TPSA) is 80.2 Å². The van der Waals surface area contributed by atoms with E-state index < -0.39 is 5.25 Å². The summed E-state index contributed by atoms with van der Waals surface area (Å²) in [5.41, 5.74) is 1.47. The van der Waals surface area contributed by atoms with Gasteiger partial charge in [-0.15, -0.1) is 0 Å². The van der Waals surface area contributed by atoms with E-state index in [0.29, 0.717) is 41.9 Å². The van der Waals surface area contributed by atoms with Crippen molar-refractivity contribution in [3.8, 4) is 11.5 Å². The third-order valence-electron chi connectivity index (χ3n) is 4.91. The minimum absolute atomic E-state index is 0.0882. The van der Waals surface area contributed by atoms with Gasteiger partial charge in [-0.2, -0.15) is 0 Å². The number of nitrogens with zero attached hydrogens (tertiary/aromatic N) is 2. The largest absolute Gasteiger partial charge is 0.493 e. The lowest BCUT2D eigenvalue weighted by atomic mass is 10.1. The van der Waals surface area contributed by atoms with Crippen molar-refractivity contribution in [2.24, 2.45) is 4.99 Å². The van der Waals surface area contributed by atoms with Crippen LogP contribution in [-0.4, -0.2) is 54.4 Å². The molecule has 2 aromatic carbocycles. The molecule has 0 aromatic heterocycles. The summed E-state index contributed by atoms with van der Waals surface area (Å²) in [6.45, 7) is 2.69. The summed E-state index contributed by atoms with van der Waals surface area (Å²) in [6, 6.07) is 11.3. The number of benzene rings is 2. The van der Waals surface area contributed by atoms with Crippen LogP contribution in [0, 0.1) is 5.82 Å². The number of amidine groups is 1. The summed E-state index contributed by atoms with van der Waals surface area (Å²) in [7, 11) is 3.14. The number of rotatable bonds is 8. The molecule has 1 aliphatic rings. The summed E-state index contributed by atoms with van der Waals surface area (Å²) in [4.78, 5) is 31.5. The van der Waals surface area contributed by atoms with Crippen molar-refractivity contribution in [3.05, 3.63) is 53.8 Å². The van der Waals surface area contributed by atoms with Gasteiger partial charge in [-0.05, 0) is 55.3 Å². The van der Waals surface area contributed by atoms with E-state index >= 15 is 0 Å². The molecule has 3 rings (SSSR count). The van der Waals surface area contributed by atoms with Crippen molar-refractivity contribution in [3.63, 3.8) is 0 Å². The fourth-order valence-corrected chi connectivity index (χ4v) is 4.40. The molecule has 0 spiro atoms. The van der Waals surface area contributed by atoms with Gasteiger partial charge in [0, 0.05) is 19.5 Å². The molecule has 1 heterocycles. The van der Waals surface area contributed by atoms with Crippen LogP contribution in [0.2, 0.25) is 0 Å².